The molecule has 2 bridgehead atoms. The summed E-state index contributed by atoms with van der Waals surface area (Å²) in [4.78, 5) is 0. The van der Waals surface area contributed by atoms with Crippen molar-refractivity contribution in [3.05, 3.63) is 0 Å². The van der Waals surface area contributed by atoms with Crippen molar-refractivity contribution >= 4 is 0 Å². The van der Waals surface area contributed by atoms with Gasteiger partial charge in [0.05, 0.1) is 23.8 Å². The molecule has 1 spiro atoms. The number of piperidine rings is 1. The quantitative estimate of drug-likeness (QED) is 0.599. The zero-order valence-electron chi connectivity index (χ0n) is 21.5. The van der Waals surface area contributed by atoms with E-state index in [1.54, 1.807) is 0 Å². The van der Waals surface area contributed by atoms with E-state index in [2.05, 4.69) is 12.2 Å². The zero-order chi connectivity index (χ0) is 22.7. The highest BCUT2D eigenvalue weighted by atomic mass is 16.5. The minimum Gasteiger partial charge on any atom is -0.367 e. The Morgan fingerprint density at radius 2 is 1.67 bits per heavy atom. The average molecular weight is 460 g/mol. The summed E-state index contributed by atoms with van der Waals surface area (Å²) in [5.41, 5.74) is 11.9. The lowest BCUT2D eigenvalue weighted by molar-refractivity contribution is -0.703. The molecule has 33 heavy (non-hydrogen) atoms. The average Bonchev–Trinajstić information content (AvgIpc) is 3.48. The van der Waals surface area contributed by atoms with Gasteiger partial charge >= 0.3 is 0 Å². The predicted molar refractivity (Wildman–Crippen MR) is 132 cm³/mol. The molecule has 188 valence electrons. The van der Waals surface area contributed by atoms with Crippen LogP contribution in [0, 0.1) is 35.0 Å². The van der Waals surface area contributed by atoms with Crippen LogP contribution in [0.3, 0.4) is 0 Å². The molecule has 3 aliphatic heterocycles. The molecule has 0 aromatic rings. The van der Waals surface area contributed by atoms with Gasteiger partial charge in [0, 0.05) is 24.7 Å². The number of hydrogen-bond donors (Lipinski definition) is 3. The molecular formula is C29H53N3O+2. The SMILES string of the molecule is C[C@@]1(C2CCCC2)O[C@@]2([C@H]3C[C@H](CC4CCC(N)[NH2+]C4)CC4(CCCC4)C3)CC[C@H]1[C@H]([NH3+])C2. The smallest absolute Gasteiger partial charge is 0.137 e. The van der Waals surface area contributed by atoms with Crippen molar-refractivity contribution in [3.8, 4) is 0 Å². The van der Waals surface area contributed by atoms with Gasteiger partial charge in [0.25, 0.3) is 0 Å². The van der Waals surface area contributed by atoms with E-state index < -0.39 is 0 Å². The molecule has 0 radical (unpaired) electrons. The molecule has 4 heteroatoms. The Kier molecular flexibility index (Phi) is 6.16. The lowest BCUT2D eigenvalue weighted by Gasteiger charge is -2.63. The van der Waals surface area contributed by atoms with E-state index in [4.69, 9.17) is 16.2 Å². The molecule has 4 saturated carbocycles. The van der Waals surface area contributed by atoms with E-state index in [1.807, 2.05) is 0 Å². The van der Waals surface area contributed by atoms with Gasteiger partial charge in [-0.3, -0.25) is 5.73 Å². The molecule has 0 amide bonds. The fourth-order valence-electron chi connectivity index (χ4n) is 10.6. The molecule has 0 aromatic heterocycles. The van der Waals surface area contributed by atoms with E-state index >= 15 is 0 Å². The van der Waals surface area contributed by atoms with E-state index in [1.165, 1.54) is 116 Å². The fourth-order valence-corrected chi connectivity index (χ4v) is 10.6. The van der Waals surface area contributed by atoms with E-state index in [9.17, 15) is 0 Å². The third kappa shape index (κ3) is 4.13. The van der Waals surface area contributed by atoms with Crippen molar-refractivity contribution in [1.29, 1.82) is 0 Å². The summed E-state index contributed by atoms with van der Waals surface area (Å²) in [6.07, 6.45) is 24.3. The second kappa shape index (κ2) is 8.75. The van der Waals surface area contributed by atoms with Crippen LogP contribution in [0.1, 0.15) is 116 Å². The second-order valence-electron chi connectivity index (χ2n) is 14.2. The third-order valence-corrected chi connectivity index (χ3v) is 12.2. The first-order valence-corrected chi connectivity index (χ1v) is 15.0. The summed E-state index contributed by atoms with van der Waals surface area (Å²) in [5, 5.41) is 2.42. The maximum atomic E-state index is 7.55. The first-order chi connectivity index (χ1) is 15.9. The van der Waals surface area contributed by atoms with Gasteiger partial charge in [-0.2, -0.15) is 0 Å². The van der Waals surface area contributed by atoms with Crippen molar-refractivity contribution in [2.24, 2.45) is 40.7 Å². The van der Waals surface area contributed by atoms with Gasteiger partial charge in [0.2, 0.25) is 0 Å². The van der Waals surface area contributed by atoms with Gasteiger partial charge < -0.3 is 15.8 Å². The Morgan fingerprint density at radius 3 is 2.36 bits per heavy atom. The summed E-state index contributed by atoms with van der Waals surface area (Å²) < 4.78 is 7.55. The third-order valence-electron chi connectivity index (χ3n) is 12.2. The highest BCUT2D eigenvalue weighted by Gasteiger charge is 2.64. The van der Waals surface area contributed by atoms with Crippen LogP contribution in [0.4, 0.5) is 0 Å². The normalized spacial score (nSPS) is 50.3. The standard InChI is InChI=1S/C29H51N3O/c1-27(22-6-2-3-7-22)24-10-13-29(33-27,18-25(24)30)23-15-21(14-20-8-9-26(31)32-19-20)16-28(17-23)11-4-5-12-28/h20-26,32H,2-19,30-31H2,1H3/p+2/t20?,21-,23-,24-,25+,26?,27-,29-/m0/s1. The number of hydrogen-bond acceptors (Lipinski definition) is 2. The minimum absolute atomic E-state index is 0.101. The fraction of sp³-hybridized carbons (Fsp3) is 1.00. The molecule has 4 aliphatic carbocycles. The highest BCUT2D eigenvalue weighted by Crippen LogP contribution is 2.63. The van der Waals surface area contributed by atoms with Crippen molar-refractivity contribution < 1.29 is 15.8 Å². The Hall–Kier alpha value is -0.160. The zero-order valence-corrected chi connectivity index (χ0v) is 21.5. The number of fused-ring (bicyclic) bond motifs is 3. The van der Waals surface area contributed by atoms with Gasteiger partial charge in [-0.15, -0.1) is 0 Å². The monoisotopic (exact) mass is 459 g/mol. The molecule has 4 nitrogen and oxygen atoms in total. The summed E-state index contributed by atoms with van der Waals surface area (Å²) in [6, 6.07) is 0.604. The number of quaternary nitrogens is 2. The van der Waals surface area contributed by atoms with Gasteiger partial charge in [0.15, 0.2) is 0 Å². The Bertz CT molecular complexity index is 693. The van der Waals surface area contributed by atoms with Crippen LogP contribution in [0.5, 0.6) is 0 Å². The van der Waals surface area contributed by atoms with E-state index in [0.717, 1.165) is 23.7 Å². The maximum absolute atomic E-state index is 7.55. The van der Waals surface area contributed by atoms with Crippen molar-refractivity contribution in [1.82, 2.24) is 0 Å². The molecule has 3 heterocycles. The molecule has 8 atom stereocenters. The summed E-state index contributed by atoms with van der Waals surface area (Å²) >= 11 is 0. The number of ether oxygens (including phenoxy) is 1. The second-order valence-corrected chi connectivity index (χ2v) is 14.2. The lowest BCUT2D eigenvalue weighted by Crippen LogP contribution is -2.95. The Labute approximate surface area is 202 Å². The molecule has 2 unspecified atom stereocenters. The van der Waals surface area contributed by atoms with Crippen LogP contribution in [-0.2, 0) is 4.74 Å². The van der Waals surface area contributed by atoms with Gasteiger partial charge in [-0.1, -0.05) is 25.7 Å². The molecule has 7 aliphatic rings. The number of nitrogens with two attached hydrogens (primary N) is 2. The first kappa shape index (κ1) is 23.3. The van der Waals surface area contributed by atoms with E-state index in [0.29, 0.717) is 23.5 Å². The van der Waals surface area contributed by atoms with Gasteiger partial charge in [-0.25, -0.2) is 0 Å². The molecule has 7 fully saturated rings. The Balaban J connectivity index is 1.25. The van der Waals surface area contributed by atoms with Crippen molar-refractivity contribution in [2.75, 3.05) is 6.54 Å². The highest BCUT2D eigenvalue weighted by molar-refractivity contribution is 5.12. The molecule has 7 N–H and O–H groups in total. The maximum Gasteiger partial charge on any atom is 0.137 e. The van der Waals surface area contributed by atoms with Crippen LogP contribution < -0.4 is 16.8 Å². The molecule has 3 saturated heterocycles. The summed E-state index contributed by atoms with van der Waals surface area (Å²) in [6.45, 7) is 3.80. The van der Waals surface area contributed by atoms with Crippen LogP contribution >= 0.6 is 0 Å². The topological polar surface area (TPSA) is 79.5 Å². The van der Waals surface area contributed by atoms with Crippen LogP contribution in [0.2, 0.25) is 0 Å². The van der Waals surface area contributed by atoms with Crippen LogP contribution in [0.15, 0.2) is 0 Å². The van der Waals surface area contributed by atoms with Crippen molar-refractivity contribution in [2.45, 2.75) is 139 Å². The predicted octanol–water partition coefficient (Wildman–Crippen LogP) is 3.74. The largest absolute Gasteiger partial charge is 0.367 e. The first-order valence-electron chi connectivity index (χ1n) is 15.0. The van der Waals surface area contributed by atoms with Crippen molar-refractivity contribution in [3.63, 3.8) is 0 Å². The molecular weight excluding hydrogens is 406 g/mol. The Morgan fingerprint density at radius 1 is 0.879 bits per heavy atom. The van der Waals surface area contributed by atoms with Crippen LogP contribution in [0.25, 0.3) is 0 Å². The lowest BCUT2D eigenvalue weighted by atomic mass is 9.53. The van der Waals surface area contributed by atoms with E-state index in [-0.39, 0.29) is 11.2 Å². The molecule has 0 aromatic carbocycles. The van der Waals surface area contributed by atoms with Gasteiger partial charge in [-0.05, 0) is 101 Å². The summed E-state index contributed by atoms with van der Waals surface area (Å²) in [7, 11) is 0. The van der Waals surface area contributed by atoms with Gasteiger partial charge in [0.1, 0.15) is 6.17 Å². The number of rotatable bonds is 4. The molecule has 7 rings (SSSR count). The van der Waals surface area contributed by atoms with Crippen LogP contribution in [-0.4, -0.2) is 30.0 Å². The minimum atomic E-state index is 0.101. The summed E-state index contributed by atoms with van der Waals surface area (Å²) in [5.74, 6) is 4.05.